The van der Waals surface area contributed by atoms with Gasteiger partial charge in [-0.15, -0.1) is 0 Å². The topological polar surface area (TPSA) is 57.9 Å². The van der Waals surface area contributed by atoms with E-state index < -0.39 is 0 Å². The molecule has 112 valence electrons. The second kappa shape index (κ2) is 4.39. The summed E-state index contributed by atoms with van der Waals surface area (Å²) < 4.78 is 21.8. The van der Waals surface area contributed by atoms with Crippen molar-refractivity contribution in [1.82, 2.24) is 0 Å². The van der Waals surface area contributed by atoms with Gasteiger partial charge in [0.15, 0.2) is 17.3 Å². The van der Waals surface area contributed by atoms with E-state index in [2.05, 4.69) is 0 Å². The molecule has 1 aromatic heterocycles. The number of allylic oxidation sites excluding steroid dienone is 1. The fraction of sp³-hybridized carbons (Fsp3) is 0.0556. The number of ether oxygens (including phenoxy) is 3. The first-order valence-corrected chi connectivity index (χ1v) is 7.14. The summed E-state index contributed by atoms with van der Waals surface area (Å²) in [6.45, 7) is 0.217. The summed E-state index contributed by atoms with van der Waals surface area (Å²) in [7, 11) is 0. The first kappa shape index (κ1) is 12.3. The van der Waals surface area contributed by atoms with Gasteiger partial charge in [-0.1, -0.05) is 6.07 Å². The number of rotatable bonds is 1. The second-order valence-electron chi connectivity index (χ2n) is 5.33. The van der Waals surface area contributed by atoms with Crippen molar-refractivity contribution < 1.29 is 23.4 Å². The molecule has 0 unspecified atom stereocenters. The van der Waals surface area contributed by atoms with Crippen LogP contribution in [0.2, 0.25) is 0 Å². The van der Waals surface area contributed by atoms with Gasteiger partial charge in [0.2, 0.25) is 12.6 Å². The molecule has 0 atom stereocenters. The van der Waals surface area contributed by atoms with E-state index in [0.29, 0.717) is 28.4 Å². The van der Waals surface area contributed by atoms with Crippen LogP contribution in [0.5, 0.6) is 17.2 Å². The molecule has 0 radical (unpaired) electrons. The van der Waals surface area contributed by atoms with Crippen molar-refractivity contribution in [2.24, 2.45) is 0 Å². The molecule has 2 aromatic carbocycles. The van der Waals surface area contributed by atoms with Crippen LogP contribution in [0.15, 0.2) is 52.8 Å². The molecule has 0 amide bonds. The summed E-state index contributed by atoms with van der Waals surface area (Å²) in [6, 6.07) is 10.8. The van der Waals surface area contributed by atoms with Gasteiger partial charge in [-0.3, -0.25) is 4.79 Å². The number of hydrogen-bond acceptors (Lipinski definition) is 5. The van der Waals surface area contributed by atoms with E-state index in [1.807, 2.05) is 18.2 Å². The predicted octanol–water partition coefficient (Wildman–Crippen LogP) is 3.78. The number of furan rings is 1. The fourth-order valence-electron chi connectivity index (χ4n) is 2.84. The lowest BCUT2D eigenvalue weighted by molar-refractivity contribution is 0.101. The lowest BCUT2D eigenvalue weighted by Gasteiger charge is -2.01. The molecule has 3 heterocycles. The quantitative estimate of drug-likeness (QED) is 0.640. The molecule has 5 nitrogen and oxygen atoms in total. The monoisotopic (exact) mass is 306 g/mol. The summed E-state index contributed by atoms with van der Waals surface area (Å²) in [5, 5.41) is 0.796. The van der Waals surface area contributed by atoms with Gasteiger partial charge >= 0.3 is 0 Å². The number of Topliss-reactive ketones (excluding diaryl/α,β-unsaturated/α-hetero) is 1. The van der Waals surface area contributed by atoms with Crippen LogP contribution in [0.25, 0.3) is 17.0 Å². The normalized spacial score (nSPS) is 16.9. The van der Waals surface area contributed by atoms with Crippen molar-refractivity contribution in [1.29, 1.82) is 0 Å². The van der Waals surface area contributed by atoms with Gasteiger partial charge in [-0.25, -0.2) is 0 Å². The Labute approximate surface area is 130 Å². The molecule has 5 heteroatoms. The average Bonchev–Trinajstić information content (AvgIpc) is 3.26. The lowest BCUT2D eigenvalue weighted by atomic mass is 10.1. The van der Waals surface area contributed by atoms with Crippen molar-refractivity contribution >= 4 is 22.8 Å². The Bertz CT molecular complexity index is 996. The maximum atomic E-state index is 12.5. The van der Waals surface area contributed by atoms with E-state index in [1.54, 1.807) is 30.5 Å². The SMILES string of the molecule is O=C1C(=Cc2ccc3c(c2)OCO3)Oc2c1ccc1occc21. The lowest BCUT2D eigenvalue weighted by Crippen LogP contribution is -1.97. The zero-order valence-electron chi connectivity index (χ0n) is 11.9. The van der Waals surface area contributed by atoms with Gasteiger partial charge in [0.1, 0.15) is 11.3 Å². The summed E-state index contributed by atoms with van der Waals surface area (Å²) in [5.41, 5.74) is 2.06. The molecule has 5 rings (SSSR count). The maximum Gasteiger partial charge on any atom is 0.231 e. The third kappa shape index (κ3) is 1.76. The first-order chi connectivity index (χ1) is 11.3. The molecule has 0 N–H and O–H groups in total. The van der Waals surface area contributed by atoms with Gasteiger partial charge < -0.3 is 18.6 Å². The highest BCUT2D eigenvalue weighted by molar-refractivity contribution is 6.17. The Morgan fingerprint density at radius 1 is 1.00 bits per heavy atom. The second-order valence-corrected chi connectivity index (χ2v) is 5.33. The smallest absolute Gasteiger partial charge is 0.231 e. The Hall–Kier alpha value is -3.21. The Morgan fingerprint density at radius 3 is 2.87 bits per heavy atom. The molecule has 0 saturated heterocycles. The van der Waals surface area contributed by atoms with Gasteiger partial charge in [0.05, 0.1) is 17.2 Å². The molecule has 2 aliphatic rings. The van der Waals surface area contributed by atoms with Crippen molar-refractivity contribution in [3.8, 4) is 17.2 Å². The van der Waals surface area contributed by atoms with Crippen LogP contribution in [0.1, 0.15) is 15.9 Å². The summed E-state index contributed by atoms with van der Waals surface area (Å²) in [5.74, 6) is 2.07. The average molecular weight is 306 g/mol. The van der Waals surface area contributed by atoms with Gasteiger partial charge in [0.25, 0.3) is 0 Å². The maximum absolute atomic E-state index is 12.5. The van der Waals surface area contributed by atoms with Crippen LogP contribution in [0.3, 0.4) is 0 Å². The van der Waals surface area contributed by atoms with E-state index in [9.17, 15) is 4.79 Å². The third-order valence-electron chi connectivity index (χ3n) is 3.96. The first-order valence-electron chi connectivity index (χ1n) is 7.14. The minimum absolute atomic E-state index is 0.138. The largest absolute Gasteiger partial charge is 0.464 e. The molecule has 3 aromatic rings. The van der Waals surface area contributed by atoms with Crippen LogP contribution in [0.4, 0.5) is 0 Å². The van der Waals surface area contributed by atoms with Gasteiger partial charge in [-0.05, 0) is 42.0 Å². The number of fused-ring (bicyclic) bond motifs is 4. The van der Waals surface area contributed by atoms with Crippen LogP contribution in [0, 0.1) is 0 Å². The number of carbonyl (C=O) groups is 1. The standard InChI is InChI=1S/C18H10O5/c19-17-12-2-4-13-11(5-6-20-13)18(12)23-16(17)8-10-1-3-14-15(7-10)22-9-21-14/h1-8H,9H2. The van der Waals surface area contributed by atoms with E-state index >= 15 is 0 Å². The van der Waals surface area contributed by atoms with Crippen LogP contribution >= 0.6 is 0 Å². The number of ketones is 1. The van der Waals surface area contributed by atoms with E-state index in [1.165, 1.54) is 0 Å². The molecular weight excluding hydrogens is 296 g/mol. The zero-order chi connectivity index (χ0) is 15.4. The zero-order valence-corrected chi connectivity index (χ0v) is 11.9. The van der Waals surface area contributed by atoms with Crippen LogP contribution in [-0.4, -0.2) is 12.6 Å². The van der Waals surface area contributed by atoms with Crippen molar-refractivity contribution in [3.05, 3.63) is 59.5 Å². The summed E-state index contributed by atoms with van der Waals surface area (Å²) >= 11 is 0. The number of carbonyl (C=O) groups excluding carboxylic acids is 1. The molecule has 23 heavy (non-hydrogen) atoms. The summed E-state index contributed by atoms with van der Waals surface area (Å²) in [4.78, 5) is 12.5. The third-order valence-corrected chi connectivity index (χ3v) is 3.96. The van der Waals surface area contributed by atoms with Crippen molar-refractivity contribution in [2.75, 3.05) is 6.79 Å². The van der Waals surface area contributed by atoms with E-state index in [-0.39, 0.29) is 18.3 Å². The molecule has 2 aliphatic heterocycles. The Balaban J connectivity index is 1.58. The minimum atomic E-state index is -0.138. The molecular formula is C18H10O5. The molecule has 0 saturated carbocycles. The molecule has 0 fully saturated rings. The Morgan fingerprint density at radius 2 is 1.91 bits per heavy atom. The number of hydrogen-bond donors (Lipinski definition) is 0. The highest BCUT2D eigenvalue weighted by Crippen LogP contribution is 2.39. The van der Waals surface area contributed by atoms with Gasteiger partial charge in [0, 0.05) is 0 Å². The number of benzene rings is 2. The molecule has 0 aliphatic carbocycles. The molecule has 0 bridgehead atoms. The highest BCUT2D eigenvalue weighted by atomic mass is 16.7. The Kier molecular flexibility index (Phi) is 2.36. The van der Waals surface area contributed by atoms with E-state index in [4.69, 9.17) is 18.6 Å². The van der Waals surface area contributed by atoms with Crippen molar-refractivity contribution in [2.45, 2.75) is 0 Å². The minimum Gasteiger partial charge on any atom is -0.464 e. The fourth-order valence-corrected chi connectivity index (χ4v) is 2.84. The summed E-state index contributed by atoms with van der Waals surface area (Å²) in [6.07, 6.45) is 3.29. The molecule has 0 spiro atoms. The van der Waals surface area contributed by atoms with Crippen LogP contribution < -0.4 is 14.2 Å². The highest BCUT2D eigenvalue weighted by Gasteiger charge is 2.29. The predicted molar refractivity (Wildman–Crippen MR) is 81.7 cm³/mol. The van der Waals surface area contributed by atoms with Crippen molar-refractivity contribution in [3.63, 3.8) is 0 Å². The van der Waals surface area contributed by atoms with Crippen LogP contribution in [-0.2, 0) is 0 Å². The van der Waals surface area contributed by atoms with E-state index in [0.717, 1.165) is 10.9 Å². The van der Waals surface area contributed by atoms with Gasteiger partial charge in [-0.2, -0.15) is 0 Å².